The van der Waals surface area contributed by atoms with Crippen LogP contribution in [0.15, 0.2) is 18.2 Å². The zero-order valence-electron chi connectivity index (χ0n) is 11.4. The van der Waals surface area contributed by atoms with Crippen LogP contribution in [0.1, 0.15) is 32.2 Å². The van der Waals surface area contributed by atoms with Gasteiger partial charge in [0, 0.05) is 6.07 Å². The monoisotopic (exact) mass is 260 g/mol. The van der Waals surface area contributed by atoms with Crippen LogP contribution in [0.4, 0.5) is 5.69 Å². The number of aryl methyl sites for hydroxylation is 1. The maximum Gasteiger partial charge on any atom is 0.280 e. The molecule has 2 aromatic rings. The maximum atomic E-state index is 11.1. The van der Waals surface area contributed by atoms with Crippen LogP contribution in [-0.4, -0.2) is 20.1 Å². The highest BCUT2D eigenvalue weighted by atomic mass is 16.6. The van der Waals surface area contributed by atoms with Crippen LogP contribution in [0.2, 0.25) is 0 Å². The van der Waals surface area contributed by atoms with Gasteiger partial charge in [-0.25, -0.2) is 4.98 Å². The summed E-state index contributed by atoms with van der Waals surface area (Å²) in [6.45, 7) is 7.93. The molecule has 0 spiro atoms. The van der Waals surface area contributed by atoms with Crippen molar-refractivity contribution < 1.29 is 4.92 Å². The number of nitrogens with zero attached hydrogens (tertiary/aromatic N) is 3. The van der Waals surface area contributed by atoms with Crippen LogP contribution < -0.4 is 0 Å². The fourth-order valence-electron chi connectivity index (χ4n) is 1.80. The molecule has 1 heterocycles. The Morgan fingerprint density at radius 1 is 1.32 bits per heavy atom. The molecule has 0 aliphatic heterocycles. The lowest BCUT2D eigenvalue weighted by atomic mass is 9.86. The number of rotatable bonds is 2. The average Bonchev–Trinajstić information content (AvgIpc) is 2.73. The summed E-state index contributed by atoms with van der Waals surface area (Å²) in [6, 6.07) is 5.09. The molecule has 19 heavy (non-hydrogen) atoms. The summed E-state index contributed by atoms with van der Waals surface area (Å²) in [7, 11) is 0. The fraction of sp³-hybridized carbons (Fsp3) is 0.385. The summed E-state index contributed by atoms with van der Waals surface area (Å²) < 4.78 is 0. The SMILES string of the molecule is Cc1nc(-c2cc(C(C)(C)C)ccc2[N+](=O)[O-])n[nH]1. The molecule has 6 heteroatoms. The second-order valence-corrected chi connectivity index (χ2v) is 5.48. The maximum absolute atomic E-state index is 11.1. The third kappa shape index (κ3) is 2.62. The van der Waals surface area contributed by atoms with Crippen LogP contribution in [0.5, 0.6) is 0 Å². The van der Waals surface area contributed by atoms with E-state index in [-0.39, 0.29) is 11.1 Å². The van der Waals surface area contributed by atoms with Crippen molar-refractivity contribution in [2.45, 2.75) is 33.1 Å². The van der Waals surface area contributed by atoms with E-state index in [1.54, 1.807) is 19.1 Å². The van der Waals surface area contributed by atoms with E-state index < -0.39 is 4.92 Å². The first-order chi connectivity index (χ1) is 8.79. The second-order valence-electron chi connectivity index (χ2n) is 5.48. The van der Waals surface area contributed by atoms with Crippen LogP contribution in [0.3, 0.4) is 0 Å². The van der Waals surface area contributed by atoms with Gasteiger partial charge in [-0.1, -0.05) is 26.8 Å². The lowest BCUT2D eigenvalue weighted by Gasteiger charge is -2.19. The van der Waals surface area contributed by atoms with Gasteiger partial charge < -0.3 is 0 Å². The molecule has 1 N–H and O–H groups in total. The fourth-order valence-corrected chi connectivity index (χ4v) is 1.80. The summed E-state index contributed by atoms with van der Waals surface area (Å²) >= 11 is 0. The molecule has 0 aliphatic carbocycles. The van der Waals surface area contributed by atoms with Crippen molar-refractivity contribution in [2.75, 3.05) is 0 Å². The van der Waals surface area contributed by atoms with Gasteiger partial charge in [0.1, 0.15) is 5.82 Å². The van der Waals surface area contributed by atoms with Gasteiger partial charge in [-0.3, -0.25) is 15.2 Å². The molecule has 0 amide bonds. The Morgan fingerprint density at radius 2 is 2.00 bits per heavy atom. The summed E-state index contributed by atoms with van der Waals surface area (Å²) in [6.07, 6.45) is 0. The Kier molecular flexibility index (Phi) is 3.09. The van der Waals surface area contributed by atoms with Crippen LogP contribution >= 0.6 is 0 Å². The molecule has 2 rings (SSSR count). The highest BCUT2D eigenvalue weighted by Gasteiger charge is 2.22. The molecule has 1 aromatic carbocycles. The summed E-state index contributed by atoms with van der Waals surface area (Å²) in [5.41, 5.74) is 1.39. The van der Waals surface area contributed by atoms with Gasteiger partial charge in [-0.2, -0.15) is 5.10 Å². The Balaban J connectivity index is 2.64. The lowest BCUT2D eigenvalue weighted by molar-refractivity contribution is -0.384. The van der Waals surface area contributed by atoms with Gasteiger partial charge in [0.15, 0.2) is 5.82 Å². The van der Waals surface area contributed by atoms with Crippen molar-refractivity contribution >= 4 is 5.69 Å². The minimum absolute atomic E-state index is 0.0204. The minimum Gasteiger partial charge on any atom is -0.263 e. The van der Waals surface area contributed by atoms with Crippen LogP contribution in [0, 0.1) is 17.0 Å². The predicted octanol–water partition coefficient (Wildman–Crippen LogP) is 2.99. The van der Waals surface area contributed by atoms with Gasteiger partial charge in [-0.15, -0.1) is 0 Å². The third-order valence-electron chi connectivity index (χ3n) is 2.90. The molecule has 0 saturated heterocycles. The van der Waals surface area contributed by atoms with Crippen molar-refractivity contribution in [1.29, 1.82) is 0 Å². The highest BCUT2D eigenvalue weighted by Crippen LogP contribution is 2.32. The van der Waals surface area contributed by atoms with Crippen molar-refractivity contribution in [3.8, 4) is 11.4 Å². The summed E-state index contributed by atoms with van der Waals surface area (Å²) in [5.74, 6) is 0.987. The average molecular weight is 260 g/mol. The molecule has 0 saturated carbocycles. The van der Waals surface area contributed by atoms with Gasteiger partial charge in [0.25, 0.3) is 5.69 Å². The van der Waals surface area contributed by atoms with E-state index in [0.717, 1.165) is 5.56 Å². The molecule has 0 atom stereocenters. The van der Waals surface area contributed by atoms with E-state index in [9.17, 15) is 10.1 Å². The van der Waals surface area contributed by atoms with Gasteiger partial charge in [0.05, 0.1) is 10.5 Å². The van der Waals surface area contributed by atoms with E-state index in [1.165, 1.54) is 6.07 Å². The number of aromatic amines is 1. The second kappa shape index (κ2) is 4.46. The first-order valence-electron chi connectivity index (χ1n) is 5.97. The molecule has 0 aliphatic rings. The molecular weight excluding hydrogens is 244 g/mol. The molecule has 0 bridgehead atoms. The Hall–Kier alpha value is -2.24. The van der Waals surface area contributed by atoms with Crippen molar-refractivity contribution in [3.05, 3.63) is 39.7 Å². The van der Waals surface area contributed by atoms with Gasteiger partial charge in [0.2, 0.25) is 0 Å². The molecule has 1 aromatic heterocycles. The first kappa shape index (κ1) is 13.2. The zero-order chi connectivity index (χ0) is 14.2. The predicted molar refractivity (Wildman–Crippen MR) is 71.9 cm³/mol. The molecule has 0 radical (unpaired) electrons. The number of nitro groups is 1. The number of hydrogen-bond acceptors (Lipinski definition) is 4. The number of nitro benzene ring substituents is 1. The van der Waals surface area contributed by atoms with Gasteiger partial charge >= 0.3 is 0 Å². The van der Waals surface area contributed by atoms with Crippen LogP contribution in [-0.2, 0) is 5.41 Å². The number of hydrogen-bond donors (Lipinski definition) is 1. The van der Waals surface area contributed by atoms with E-state index in [1.807, 2.05) is 0 Å². The Morgan fingerprint density at radius 3 is 2.47 bits per heavy atom. The van der Waals surface area contributed by atoms with E-state index in [0.29, 0.717) is 17.2 Å². The number of aromatic nitrogens is 3. The van der Waals surface area contributed by atoms with Gasteiger partial charge in [-0.05, 0) is 24.0 Å². The number of H-pyrrole nitrogens is 1. The summed E-state index contributed by atoms with van der Waals surface area (Å²) in [4.78, 5) is 14.9. The largest absolute Gasteiger partial charge is 0.280 e. The van der Waals surface area contributed by atoms with Crippen molar-refractivity contribution in [1.82, 2.24) is 15.2 Å². The number of nitrogens with one attached hydrogen (secondary N) is 1. The quantitative estimate of drug-likeness (QED) is 0.664. The third-order valence-corrected chi connectivity index (χ3v) is 2.90. The van der Waals surface area contributed by atoms with Crippen molar-refractivity contribution in [3.63, 3.8) is 0 Å². The molecule has 0 unspecified atom stereocenters. The first-order valence-corrected chi connectivity index (χ1v) is 5.97. The minimum atomic E-state index is -0.409. The topological polar surface area (TPSA) is 84.7 Å². The zero-order valence-corrected chi connectivity index (χ0v) is 11.4. The highest BCUT2D eigenvalue weighted by molar-refractivity contribution is 5.69. The molecular formula is C13H16N4O2. The normalized spacial score (nSPS) is 11.6. The van der Waals surface area contributed by atoms with E-state index in [2.05, 4.69) is 36.0 Å². The van der Waals surface area contributed by atoms with Crippen LogP contribution in [0.25, 0.3) is 11.4 Å². The molecule has 6 nitrogen and oxygen atoms in total. The van der Waals surface area contributed by atoms with E-state index in [4.69, 9.17) is 0 Å². The molecule has 100 valence electrons. The number of benzene rings is 1. The Labute approximate surface area is 111 Å². The van der Waals surface area contributed by atoms with E-state index >= 15 is 0 Å². The standard InChI is InChI=1S/C13H16N4O2/c1-8-14-12(16-15-8)10-7-9(13(2,3)4)5-6-11(10)17(18)19/h5-7H,1-4H3,(H,14,15,16). The Bertz CT molecular complexity index is 626. The molecule has 0 fully saturated rings. The summed E-state index contributed by atoms with van der Waals surface area (Å²) in [5, 5.41) is 17.8. The lowest BCUT2D eigenvalue weighted by Crippen LogP contribution is -2.11. The smallest absolute Gasteiger partial charge is 0.263 e. The van der Waals surface area contributed by atoms with Crippen molar-refractivity contribution in [2.24, 2.45) is 0 Å².